The van der Waals surface area contributed by atoms with Crippen molar-refractivity contribution in [3.8, 4) is 5.75 Å². The Balaban J connectivity index is 1.96. The minimum absolute atomic E-state index is 0.0968. The number of ether oxygens (including phenoxy) is 1. The summed E-state index contributed by atoms with van der Waals surface area (Å²) in [5, 5.41) is 8.82. The SMILES string of the molecule is OCc1ccc(OC2CSC2)cc1. The molecule has 1 saturated heterocycles. The molecule has 70 valence electrons. The van der Waals surface area contributed by atoms with Crippen LogP contribution in [0.15, 0.2) is 24.3 Å². The zero-order chi connectivity index (χ0) is 9.10. The predicted octanol–water partition coefficient (Wildman–Crippen LogP) is 1.67. The third-order valence-corrected chi connectivity index (χ3v) is 3.23. The lowest BCUT2D eigenvalue weighted by molar-refractivity contribution is 0.240. The Bertz CT molecular complexity index is 267. The highest BCUT2D eigenvalue weighted by molar-refractivity contribution is 8.00. The zero-order valence-corrected chi connectivity index (χ0v) is 8.09. The van der Waals surface area contributed by atoms with E-state index in [4.69, 9.17) is 9.84 Å². The van der Waals surface area contributed by atoms with E-state index in [1.165, 1.54) is 0 Å². The summed E-state index contributed by atoms with van der Waals surface area (Å²) in [6, 6.07) is 7.60. The van der Waals surface area contributed by atoms with E-state index in [2.05, 4.69) is 0 Å². The molecule has 0 aromatic heterocycles. The van der Waals surface area contributed by atoms with E-state index in [0.29, 0.717) is 6.10 Å². The molecule has 0 amide bonds. The van der Waals surface area contributed by atoms with Crippen molar-refractivity contribution >= 4 is 11.8 Å². The standard InChI is InChI=1S/C10H12O2S/c11-5-8-1-3-9(4-2-8)12-10-6-13-7-10/h1-4,10-11H,5-7H2. The number of aliphatic hydroxyl groups is 1. The van der Waals surface area contributed by atoms with E-state index < -0.39 is 0 Å². The minimum atomic E-state index is 0.0968. The molecule has 0 unspecified atom stereocenters. The number of hydrogen-bond acceptors (Lipinski definition) is 3. The van der Waals surface area contributed by atoms with E-state index in [0.717, 1.165) is 22.8 Å². The number of benzene rings is 1. The molecule has 2 rings (SSSR count). The Morgan fingerprint density at radius 1 is 1.31 bits per heavy atom. The average molecular weight is 196 g/mol. The summed E-state index contributed by atoms with van der Waals surface area (Å²) in [6.45, 7) is 0.0968. The van der Waals surface area contributed by atoms with Crippen LogP contribution in [0.25, 0.3) is 0 Å². The van der Waals surface area contributed by atoms with Crippen molar-refractivity contribution in [2.24, 2.45) is 0 Å². The largest absolute Gasteiger partial charge is 0.489 e. The van der Waals surface area contributed by atoms with Gasteiger partial charge >= 0.3 is 0 Å². The molecule has 1 aromatic rings. The average Bonchev–Trinajstić information content (AvgIpc) is 2.12. The topological polar surface area (TPSA) is 29.5 Å². The van der Waals surface area contributed by atoms with Gasteiger partial charge < -0.3 is 9.84 Å². The number of aliphatic hydroxyl groups excluding tert-OH is 1. The summed E-state index contributed by atoms with van der Waals surface area (Å²) in [4.78, 5) is 0. The van der Waals surface area contributed by atoms with Gasteiger partial charge in [0.05, 0.1) is 6.61 Å². The molecule has 1 aromatic carbocycles. The van der Waals surface area contributed by atoms with Gasteiger partial charge in [0.1, 0.15) is 11.9 Å². The van der Waals surface area contributed by atoms with E-state index in [9.17, 15) is 0 Å². The minimum Gasteiger partial charge on any atom is -0.489 e. The van der Waals surface area contributed by atoms with Gasteiger partial charge in [0.2, 0.25) is 0 Å². The molecule has 1 aliphatic rings. The van der Waals surface area contributed by atoms with Gasteiger partial charge in [-0.05, 0) is 17.7 Å². The zero-order valence-electron chi connectivity index (χ0n) is 7.27. The summed E-state index contributed by atoms with van der Waals surface area (Å²) in [5.74, 6) is 3.10. The molecule has 1 N–H and O–H groups in total. The third-order valence-electron chi connectivity index (χ3n) is 2.02. The second-order valence-corrected chi connectivity index (χ2v) is 4.15. The normalized spacial score (nSPS) is 16.7. The Hall–Kier alpha value is -0.670. The maximum absolute atomic E-state index is 8.82. The van der Waals surface area contributed by atoms with Crippen molar-refractivity contribution in [2.45, 2.75) is 12.7 Å². The van der Waals surface area contributed by atoms with Crippen LogP contribution in [0, 0.1) is 0 Å². The first-order valence-corrected chi connectivity index (χ1v) is 5.48. The van der Waals surface area contributed by atoms with Gasteiger partial charge in [-0.3, -0.25) is 0 Å². The van der Waals surface area contributed by atoms with Gasteiger partial charge in [0.25, 0.3) is 0 Å². The fraction of sp³-hybridized carbons (Fsp3) is 0.400. The number of thioether (sulfide) groups is 1. The van der Waals surface area contributed by atoms with Gasteiger partial charge in [-0.2, -0.15) is 11.8 Å². The van der Waals surface area contributed by atoms with Crippen molar-refractivity contribution in [1.29, 1.82) is 0 Å². The highest BCUT2D eigenvalue weighted by Gasteiger charge is 2.19. The Kier molecular flexibility index (Phi) is 2.76. The summed E-state index contributed by atoms with van der Waals surface area (Å²) in [5.41, 5.74) is 0.926. The maximum Gasteiger partial charge on any atom is 0.119 e. The molecular formula is C10H12O2S. The highest BCUT2D eigenvalue weighted by Crippen LogP contribution is 2.23. The van der Waals surface area contributed by atoms with Crippen LogP contribution in [0.5, 0.6) is 5.75 Å². The molecule has 0 aliphatic carbocycles. The van der Waals surface area contributed by atoms with Gasteiger partial charge in [0, 0.05) is 11.5 Å². The molecular weight excluding hydrogens is 184 g/mol. The van der Waals surface area contributed by atoms with Crippen LogP contribution in [-0.2, 0) is 6.61 Å². The van der Waals surface area contributed by atoms with Gasteiger partial charge in [-0.25, -0.2) is 0 Å². The summed E-state index contributed by atoms with van der Waals surface area (Å²) in [7, 11) is 0. The van der Waals surface area contributed by atoms with Crippen molar-refractivity contribution < 1.29 is 9.84 Å². The second-order valence-electron chi connectivity index (χ2n) is 3.08. The molecule has 3 heteroatoms. The van der Waals surface area contributed by atoms with Crippen LogP contribution < -0.4 is 4.74 Å². The van der Waals surface area contributed by atoms with Crippen molar-refractivity contribution in [3.05, 3.63) is 29.8 Å². The van der Waals surface area contributed by atoms with Crippen LogP contribution in [-0.4, -0.2) is 22.7 Å². The first-order chi connectivity index (χ1) is 6.38. The quantitative estimate of drug-likeness (QED) is 0.797. The molecule has 1 heterocycles. The van der Waals surface area contributed by atoms with Gasteiger partial charge in [-0.1, -0.05) is 12.1 Å². The van der Waals surface area contributed by atoms with E-state index >= 15 is 0 Å². The Morgan fingerprint density at radius 2 is 2.00 bits per heavy atom. The van der Waals surface area contributed by atoms with Gasteiger partial charge in [0.15, 0.2) is 0 Å². The number of hydrogen-bond donors (Lipinski definition) is 1. The molecule has 2 nitrogen and oxygen atoms in total. The fourth-order valence-electron chi connectivity index (χ4n) is 1.15. The lowest BCUT2D eigenvalue weighted by atomic mass is 10.2. The van der Waals surface area contributed by atoms with Crippen LogP contribution in [0.2, 0.25) is 0 Å². The molecule has 0 atom stereocenters. The Morgan fingerprint density at radius 3 is 2.46 bits per heavy atom. The van der Waals surface area contributed by atoms with Crippen LogP contribution >= 0.6 is 11.8 Å². The van der Waals surface area contributed by atoms with Crippen molar-refractivity contribution in [2.75, 3.05) is 11.5 Å². The fourth-order valence-corrected chi connectivity index (χ4v) is 1.71. The van der Waals surface area contributed by atoms with Crippen LogP contribution in [0.3, 0.4) is 0 Å². The smallest absolute Gasteiger partial charge is 0.119 e. The Labute approximate surface area is 81.9 Å². The highest BCUT2D eigenvalue weighted by atomic mass is 32.2. The molecule has 1 fully saturated rings. The summed E-state index contributed by atoms with van der Waals surface area (Å²) < 4.78 is 5.65. The van der Waals surface area contributed by atoms with E-state index in [1.54, 1.807) is 0 Å². The second kappa shape index (κ2) is 4.03. The number of rotatable bonds is 3. The third kappa shape index (κ3) is 2.17. The summed E-state index contributed by atoms with van der Waals surface area (Å²) >= 11 is 1.91. The van der Waals surface area contributed by atoms with Crippen LogP contribution in [0.4, 0.5) is 0 Å². The molecule has 0 spiro atoms. The lowest BCUT2D eigenvalue weighted by Crippen LogP contribution is -2.30. The van der Waals surface area contributed by atoms with Crippen molar-refractivity contribution in [3.63, 3.8) is 0 Å². The van der Waals surface area contributed by atoms with E-state index in [-0.39, 0.29) is 6.61 Å². The molecule has 0 saturated carbocycles. The first-order valence-electron chi connectivity index (χ1n) is 4.32. The molecule has 13 heavy (non-hydrogen) atoms. The first kappa shape index (κ1) is 8.91. The lowest BCUT2D eigenvalue weighted by Gasteiger charge is -2.25. The maximum atomic E-state index is 8.82. The van der Waals surface area contributed by atoms with Gasteiger partial charge in [-0.15, -0.1) is 0 Å². The van der Waals surface area contributed by atoms with Crippen molar-refractivity contribution in [1.82, 2.24) is 0 Å². The molecule has 0 radical (unpaired) electrons. The monoisotopic (exact) mass is 196 g/mol. The summed E-state index contributed by atoms with van der Waals surface area (Å²) in [6.07, 6.45) is 0.393. The predicted molar refractivity (Wildman–Crippen MR) is 54.1 cm³/mol. The van der Waals surface area contributed by atoms with E-state index in [1.807, 2.05) is 36.0 Å². The van der Waals surface area contributed by atoms with Crippen LogP contribution in [0.1, 0.15) is 5.56 Å². The molecule has 1 aliphatic heterocycles. The molecule has 0 bridgehead atoms.